The number of hydrogen-bond acceptors (Lipinski definition) is 3. The van der Waals surface area contributed by atoms with E-state index in [1.54, 1.807) is 11.5 Å². The van der Waals surface area contributed by atoms with Gasteiger partial charge in [0.05, 0.1) is 23.9 Å². The Labute approximate surface area is 117 Å². The Hall–Kier alpha value is -2.70. The van der Waals surface area contributed by atoms with Crippen molar-refractivity contribution in [2.45, 2.75) is 13.5 Å². The molecule has 0 aliphatic rings. The molecule has 1 aromatic carbocycles. The lowest BCUT2D eigenvalue weighted by Gasteiger charge is -2.03. The maximum Gasteiger partial charge on any atom is 0.371 e. The maximum absolute atomic E-state index is 13.3. The Balaban J connectivity index is 2.02. The Morgan fingerprint density at radius 3 is 2.71 bits per heavy atom. The topological polar surface area (TPSA) is 68.3 Å². The molecule has 0 atom stereocenters. The van der Waals surface area contributed by atoms with Gasteiger partial charge in [-0.15, -0.1) is 0 Å². The Kier molecular flexibility index (Phi) is 2.97. The van der Waals surface area contributed by atoms with Crippen molar-refractivity contribution in [3.63, 3.8) is 0 Å². The number of hydrogen-bond donors (Lipinski definition) is 1. The third-order valence-electron chi connectivity index (χ3n) is 3.24. The van der Waals surface area contributed by atoms with Crippen LogP contribution in [0.1, 0.15) is 21.9 Å². The fourth-order valence-corrected chi connectivity index (χ4v) is 2.15. The number of fused-ring (bicyclic) bond motifs is 1. The number of carboxylic acids is 1. The van der Waals surface area contributed by atoms with E-state index in [0.29, 0.717) is 22.4 Å². The molecule has 0 unspecified atom stereocenters. The van der Waals surface area contributed by atoms with Crippen LogP contribution in [0.25, 0.3) is 11.0 Å². The SMILES string of the molecule is Cc1oc(C(=O)O)cc1Cn1cnc2cc(F)c(F)cc21. The molecule has 0 amide bonds. The van der Waals surface area contributed by atoms with Crippen LogP contribution in [0.5, 0.6) is 0 Å². The summed E-state index contributed by atoms with van der Waals surface area (Å²) in [6, 6.07) is 3.49. The average molecular weight is 292 g/mol. The molecule has 7 heteroatoms. The van der Waals surface area contributed by atoms with Crippen LogP contribution in [0, 0.1) is 18.6 Å². The second-order valence-electron chi connectivity index (χ2n) is 4.62. The number of furan rings is 1. The summed E-state index contributed by atoms with van der Waals surface area (Å²) >= 11 is 0. The summed E-state index contributed by atoms with van der Waals surface area (Å²) in [6.07, 6.45) is 1.44. The third-order valence-corrected chi connectivity index (χ3v) is 3.24. The number of imidazole rings is 1. The smallest absolute Gasteiger partial charge is 0.371 e. The van der Waals surface area contributed by atoms with Gasteiger partial charge in [-0.1, -0.05) is 0 Å². The van der Waals surface area contributed by atoms with Crippen LogP contribution >= 0.6 is 0 Å². The minimum absolute atomic E-state index is 0.163. The number of benzene rings is 1. The summed E-state index contributed by atoms with van der Waals surface area (Å²) in [7, 11) is 0. The average Bonchev–Trinajstić information content (AvgIpc) is 2.97. The predicted octanol–water partition coefficient (Wildman–Crippen LogP) is 2.96. The Morgan fingerprint density at radius 1 is 1.33 bits per heavy atom. The van der Waals surface area contributed by atoms with E-state index in [1.807, 2.05) is 0 Å². The van der Waals surface area contributed by atoms with Crippen molar-refractivity contribution in [1.82, 2.24) is 9.55 Å². The van der Waals surface area contributed by atoms with Gasteiger partial charge in [-0.3, -0.25) is 0 Å². The second kappa shape index (κ2) is 4.69. The van der Waals surface area contributed by atoms with Crippen molar-refractivity contribution in [3.05, 3.63) is 53.2 Å². The molecular weight excluding hydrogens is 282 g/mol. The van der Waals surface area contributed by atoms with Crippen molar-refractivity contribution < 1.29 is 23.1 Å². The number of nitrogens with zero attached hydrogens (tertiary/aromatic N) is 2. The third kappa shape index (κ3) is 2.26. The molecule has 0 radical (unpaired) electrons. The molecule has 5 nitrogen and oxygen atoms in total. The molecule has 0 saturated carbocycles. The lowest BCUT2D eigenvalue weighted by Crippen LogP contribution is -1.99. The molecule has 21 heavy (non-hydrogen) atoms. The van der Waals surface area contributed by atoms with Gasteiger partial charge in [-0.25, -0.2) is 18.6 Å². The van der Waals surface area contributed by atoms with Gasteiger partial charge in [0.25, 0.3) is 0 Å². The normalized spacial score (nSPS) is 11.2. The van der Waals surface area contributed by atoms with Gasteiger partial charge in [0, 0.05) is 17.7 Å². The molecule has 108 valence electrons. The van der Waals surface area contributed by atoms with E-state index in [0.717, 1.165) is 12.1 Å². The Morgan fingerprint density at radius 2 is 2.05 bits per heavy atom. The molecule has 0 aliphatic heterocycles. The number of carbonyl (C=O) groups is 1. The van der Waals surface area contributed by atoms with E-state index >= 15 is 0 Å². The minimum Gasteiger partial charge on any atom is -0.475 e. The van der Waals surface area contributed by atoms with Crippen molar-refractivity contribution in [1.29, 1.82) is 0 Å². The van der Waals surface area contributed by atoms with Crippen LogP contribution in [0.2, 0.25) is 0 Å². The molecule has 0 saturated heterocycles. The quantitative estimate of drug-likeness (QED) is 0.805. The highest BCUT2D eigenvalue weighted by molar-refractivity contribution is 5.84. The van der Waals surface area contributed by atoms with Gasteiger partial charge in [-0.05, 0) is 13.0 Å². The van der Waals surface area contributed by atoms with Gasteiger partial charge >= 0.3 is 5.97 Å². The van der Waals surface area contributed by atoms with Gasteiger partial charge < -0.3 is 14.1 Å². The monoisotopic (exact) mass is 292 g/mol. The first kappa shape index (κ1) is 13.3. The molecule has 2 aromatic heterocycles. The number of aromatic nitrogens is 2. The van der Waals surface area contributed by atoms with Crippen LogP contribution in [-0.2, 0) is 6.54 Å². The molecule has 0 aliphatic carbocycles. The zero-order valence-electron chi connectivity index (χ0n) is 10.9. The molecule has 0 fully saturated rings. The first-order valence-corrected chi connectivity index (χ1v) is 6.08. The summed E-state index contributed by atoms with van der Waals surface area (Å²) in [5.41, 5.74) is 1.39. The van der Waals surface area contributed by atoms with Crippen molar-refractivity contribution >= 4 is 17.0 Å². The van der Waals surface area contributed by atoms with E-state index < -0.39 is 17.6 Å². The van der Waals surface area contributed by atoms with E-state index in [4.69, 9.17) is 9.52 Å². The van der Waals surface area contributed by atoms with E-state index in [1.165, 1.54) is 12.4 Å². The molecule has 0 bridgehead atoms. The van der Waals surface area contributed by atoms with Crippen molar-refractivity contribution in [3.8, 4) is 0 Å². The highest BCUT2D eigenvalue weighted by atomic mass is 19.2. The zero-order valence-corrected chi connectivity index (χ0v) is 10.9. The lowest BCUT2D eigenvalue weighted by molar-refractivity contribution is 0.0661. The highest BCUT2D eigenvalue weighted by Crippen LogP contribution is 2.21. The number of carboxylic acid groups (broad SMARTS) is 1. The Bertz CT molecular complexity index is 851. The fraction of sp³-hybridized carbons (Fsp3) is 0.143. The lowest BCUT2D eigenvalue weighted by atomic mass is 10.2. The summed E-state index contributed by atoms with van der Waals surface area (Å²) in [5.74, 6) is -2.78. The van der Waals surface area contributed by atoms with Crippen LogP contribution < -0.4 is 0 Å². The number of rotatable bonds is 3. The van der Waals surface area contributed by atoms with Crippen LogP contribution in [0.4, 0.5) is 8.78 Å². The largest absolute Gasteiger partial charge is 0.475 e. The van der Waals surface area contributed by atoms with Crippen molar-refractivity contribution in [2.75, 3.05) is 0 Å². The summed E-state index contributed by atoms with van der Waals surface area (Å²) in [5, 5.41) is 8.88. The number of aryl methyl sites for hydroxylation is 1. The molecular formula is C14H10F2N2O3. The number of aromatic carboxylic acids is 1. The fourth-order valence-electron chi connectivity index (χ4n) is 2.15. The summed E-state index contributed by atoms with van der Waals surface area (Å²) in [6.45, 7) is 1.89. The van der Waals surface area contributed by atoms with Crippen LogP contribution in [0.15, 0.2) is 28.9 Å². The molecule has 0 spiro atoms. The van der Waals surface area contributed by atoms with Crippen LogP contribution in [-0.4, -0.2) is 20.6 Å². The van der Waals surface area contributed by atoms with E-state index in [2.05, 4.69) is 4.98 Å². The second-order valence-corrected chi connectivity index (χ2v) is 4.62. The molecule has 2 heterocycles. The van der Waals surface area contributed by atoms with Gasteiger partial charge in [-0.2, -0.15) is 0 Å². The van der Waals surface area contributed by atoms with Gasteiger partial charge in [0.15, 0.2) is 11.6 Å². The first-order chi connectivity index (χ1) is 9.95. The van der Waals surface area contributed by atoms with E-state index in [-0.39, 0.29) is 12.3 Å². The van der Waals surface area contributed by atoms with Crippen molar-refractivity contribution in [2.24, 2.45) is 0 Å². The molecule has 3 aromatic rings. The maximum atomic E-state index is 13.3. The van der Waals surface area contributed by atoms with Gasteiger partial charge in [0.2, 0.25) is 5.76 Å². The molecule has 1 N–H and O–H groups in total. The zero-order chi connectivity index (χ0) is 15.1. The standard InChI is InChI=1S/C14H10F2N2O3/c1-7-8(2-13(21-7)14(19)20)5-18-6-17-11-3-9(15)10(16)4-12(11)18/h2-4,6H,5H2,1H3,(H,19,20). The highest BCUT2D eigenvalue weighted by Gasteiger charge is 2.15. The first-order valence-electron chi connectivity index (χ1n) is 6.08. The predicted molar refractivity (Wildman–Crippen MR) is 69.2 cm³/mol. The summed E-state index contributed by atoms with van der Waals surface area (Å²) in [4.78, 5) is 14.9. The van der Waals surface area contributed by atoms with Crippen LogP contribution in [0.3, 0.4) is 0 Å². The summed E-state index contributed by atoms with van der Waals surface area (Å²) < 4.78 is 33.2. The minimum atomic E-state index is -1.16. The van der Waals surface area contributed by atoms with Gasteiger partial charge in [0.1, 0.15) is 5.76 Å². The molecule has 3 rings (SSSR count). The number of halogens is 2. The van der Waals surface area contributed by atoms with E-state index in [9.17, 15) is 13.6 Å².